The van der Waals surface area contributed by atoms with E-state index < -0.39 is 0 Å². The van der Waals surface area contributed by atoms with Crippen LogP contribution in [0.25, 0.3) is 0 Å². The van der Waals surface area contributed by atoms with Crippen molar-refractivity contribution in [2.75, 3.05) is 5.75 Å². The molecule has 0 saturated heterocycles. The van der Waals surface area contributed by atoms with E-state index >= 15 is 0 Å². The highest BCUT2D eigenvalue weighted by Crippen LogP contribution is 2.43. The van der Waals surface area contributed by atoms with E-state index in [0.717, 1.165) is 17.1 Å². The summed E-state index contributed by atoms with van der Waals surface area (Å²) in [7, 11) is 0. The van der Waals surface area contributed by atoms with Gasteiger partial charge in [-0.3, -0.25) is 0 Å². The highest BCUT2D eigenvalue weighted by Gasteiger charge is 2.33. The van der Waals surface area contributed by atoms with E-state index in [4.69, 9.17) is 12.6 Å². The zero-order valence-corrected chi connectivity index (χ0v) is 14.7. The van der Waals surface area contributed by atoms with E-state index in [-0.39, 0.29) is 0 Å². The maximum atomic E-state index is 4.73. The van der Waals surface area contributed by atoms with Crippen molar-refractivity contribution in [3.63, 3.8) is 0 Å². The van der Waals surface area contributed by atoms with E-state index in [9.17, 15) is 0 Å². The molecule has 0 heterocycles. The molecule has 2 unspecified atom stereocenters. The fourth-order valence-corrected chi connectivity index (χ4v) is 5.66. The van der Waals surface area contributed by atoms with Gasteiger partial charge in [0.1, 0.15) is 0 Å². The minimum Gasteiger partial charge on any atom is -0.176 e. The van der Waals surface area contributed by atoms with Gasteiger partial charge in [0.05, 0.1) is 0 Å². The largest absolute Gasteiger partial charge is 0.176 e. The van der Waals surface area contributed by atoms with Crippen molar-refractivity contribution >= 4 is 24.4 Å². The second-order valence-corrected chi connectivity index (χ2v) is 9.72. The lowest BCUT2D eigenvalue weighted by Crippen LogP contribution is -2.32. The Morgan fingerprint density at radius 3 is 2.37 bits per heavy atom. The third kappa shape index (κ3) is 4.88. The van der Waals surface area contributed by atoms with Crippen molar-refractivity contribution in [3.8, 4) is 0 Å². The molecule has 2 aliphatic rings. The lowest BCUT2D eigenvalue weighted by molar-refractivity contribution is 0.188. The van der Waals surface area contributed by atoms with Gasteiger partial charge in [0.25, 0.3) is 0 Å². The van der Waals surface area contributed by atoms with Crippen molar-refractivity contribution in [2.24, 2.45) is 17.3 Å². The van der Waals surface area contributed by atoms with Gasteiger partial charge in [-0.15, -0.1) is 0 Å². The Labute approximate surface area is 130 Å². The molecule has 0 aliphatic heterocycles. The molecule has 2 aliphatic carbocycles. The van der Waals surface area contributed by atoms with E-state index in [1.807, 2.05) is 0 Å². The Morgan fingerprint density at radius 2 is 1.74 bits per heavy atom. The summed E-state index contributed by atoms with van der Waals surface area (Å²) in [5.74, 6) is 3.24. The summed E-state index contributed by atoms with van der Waals surface area (Å²) in [5.41, 5.74) is 0.509. The van der Waals surface area contributed by atoms with Crippen molar-refractivity contribution in [1.29, 1.82) is 0 Å². The normalized spacial score (nSPS) is 37.3. The molecule has 0 aromatic heterocycles. The molecule has 0 aromatic rings. The minimum absolute atomic E-state index is 0.509. The molecule has 2 atom stereocenters. The fraction of sp³-hybridized carbons (Fsp3) is 1.00. The van der Waals surface area contributed by atoms with Crippen molar-refractivity contribution < 1.29 is 0 Å². The summed E-state index contributed by atoms with van der Waals surface area (Å²) in [4.78, 5) is 0. The lowest BCUT2D eigenvalue weighted by atomic mass is 9.72. The van der Waals surface area contributed by atoms with Gasteiger partial charge in [-0.25, -0.2) is 0 Å². The maximum Gasteiger partial charge on any atom is 0.00474 e. The van der Waals surface area contributed by atoms with Crippen LogP contribution in [-0.4, -0.2) is 16.3 Å². The summed E-state index contributed by atoms with van der Waals surface area (Å²) in [6.07, 6.45) is 11.4. The molecule has 112 valence electrons. The molecule has 0 spiro atoms. The van der Waals surface area contributed by atoms with Crippen LogP contribution in [0.15, 0.2) is 0 Å². The summed E-state index contributed by atoms with van der Waals surface area (Å²) < 4.78 is 0. The van der Waals surface area contributed by atoms with Crippen molar-refractivity contribution in [3.05, 3.63) is 0 Å². The topological polar surface area (TPSA) is 0 Å². The van der Waals surface area contributed by atoms with Gasteiger partial charge in [0, 0.05) is 10.5 Å². The van der Waals surface area contributed by atoms with Gasteiger partial charge >= 0.3 is 0 Å². The smallest absolute Gasteiger partial charge is 0.00474 e. The zero-order valence-electron chi connectivity index (χ0n) is 13.0. The first kappa shape index (κ1) is 16.1. The van der Waals surface area contributed by atoms with E-state index in [2.05, 4.69) is 32.5 Å². The number of thioether (sulfide) groups is 1. The number of rotatable bonds is 4. The first-order valence-corrected chi connectivity index (χ1v) is 9.83. The zero-order chi connectivity index (χ0) is 13.9. The second-order valence-electron chi connectivity index (χ2n) is 7.70. The monoisotopic (exact) mass is 300 g/mol. The molecule has 2 heteroatoms. The maximum absolute atomic E-state index is 4.73. The lowest BCUT2D eigenvalue weighted by Gasteiger charge is -2.40. The predicted octanol–water partition coefficient (Wildman–Crippen LogP) is 5.81. The molecular formula is C17H32S2. The Bertz CT molecular complexity index is 266. The fourth-order valence-electron chi connectivity index (χ4n) is 3.72. The van der Waals surface area contributed by atoms with Crippen LogP contribution < -0.4 is 0 Å². The van der Waals surface area contributed by atoms with Crippen LogP contribution in [0.3, 0.4) is 0 Å². The van der Waals surface area contributed by atoms with Crippen molar-refractivity contribution in [2.45, 2.75) is 82.6 Å². The highest BCUT2D eigenvalue weighted by atomic mass is 32.2. The Balaban J connectivity index is 1.76. The minimum atomic E-state index is 0.509. The van der Waals surface area contributed by atoms with E-state index in [1.165, 1.54) is 57.1 Å². The molecule has 0 N–H and O–H groups in total. The summed E-state index contributed by atoms with van der Waals surface area (Å²) in [6, 6.07) is 0. The van der Waals surface area contributed by atoms with Crippen molar-refractivity contribution in [1.82, 2.24) is 0 Å². The summed E-state index contributed by atoms with van der Waals surface area (Å²) in [6.45, 7) is 7.42. The third-order valence-electron chi connectivity index (χ3n) is 5.41. The van der Waals surface area contributed by atoms with Gasteiger partial charge in [-0.2, -0.15) is 24.4 Å². The van der Waals surface area contributed by atoms with Crippen LogP contribution >= 0.6 is 24.4 Å². The summed E-state index contributed by atoms with van der Waals surface area (Å²) in [5, 5.41) is 1.62. The summed E-state index contributed by atoms with van der Waals surface area (Å²) >= 11 is 7.00. The molecule has 0 aromatic carbocycles. The standard InChI is InChI=1S/C17H32S2/c1-13-7-9-16(10-8-13)19-12-17(2,3)14-5-4-6-15(18)11-14/h13-16,18H,4-12H2,1-3H3. The second kappa shape index (κ2) is 7.11. The first-order valence-electron chi connectivity index (χ1n) is 8.27. The van der Waals surface area contributed by atoms with Crippen LogP contribution in [0.5, 0.6) is 0 Å². The van der Waals surface area contributed by atoms with Gasteiger partial charge in [0.2, 0.25) is 0 Å². The molecule has 0 amide bonds. The Morgan fingerprint density at radius 1 is 1.05 bits per heavy atom. The molecule has 0 radical (unpaired) electrons. The molecular weight excluding hydrogens is 268 g/mol. The Hall–Kier alpha value is 0.700. The number of hydrogen-bond acceptors (Lipinski definition) is 2. The average Bonchev–Trinajstić information content (AvgIpc) is 2.38. The molecule has 0 bridgehead atoms. The number of thiol groups is 1. The first-order chi connectivity index (χ1) is 8.97. The molecule has 0 nitrogen and oxygen atoms in total. The van der Waals surface area contributed by atoms with Gasteiger partial charge in [-0.1, -0.05) is 27.2 Å². The van der Waals surface area contributed by atoms with Crippen LogP contribution in [0.4, 0.5) is 0 Å². The van der Waals surface area contributed by atoms with Gasteiger partial charge < -0.3 is 0 Å². The van der Waals surface area contributed by atoms with E-state index in [1.54, 1.807) is 0 Å². The average molecular weight is 301 g/mol. The van der Waals surface area contributed by atoms with Crippen LogP contribution in [0.2, 0.25) is 0 Å². The van der Waals surface area contributed by atoms with E-state index in [0.29, 0.717) is 10.7 Å². The van der Waals surface area contributed by atoms with Gasteiger partial charge in [-0.05, 0) is 67.9 Å². The molecule has 19 heavy (non-hydrogen) atoms. The SMILES string of the molecule is CC1CCC(SCC(C)(C)C2CCCC(S)C2)CC1. The Kier molecular flexibility index (Phi) is 6.02. The predicted molar refractivity (Wildman–Crippen MR) is 92.4 cm³/mol. The van der Waals surface area contributed by atoms with Crippen LogP contribution in [0, 0.1) is 17.3 Å². The molecule has 2 rings (SSSR count). The molecule has 2 fully saturated rings. The number of hydrogen-bond donors (Lipinski definition) is 1. The quantitative estimate of drug-likeness (QED) is 0.639. The third-order valence-corrected chi connectivity index (χ3v) is 7.73. The van der Waals surface area contributed by atoms with Gasteiger partial charge in [0.15, 0.2) is 0 Å². The molecule has 2 saturated carbocycles. The van der Waals surface area contributed by atoms with Crippen LogP contribution in [-0.2, 0) is 0 Å². The van der Waals surface area contributed by atoms with Crippen LogP contribution in [0.1, 0.15) is 72.1 Å². The highest BCUT2D eigenvalue weighted by molar-refractivity contribution is 7.99.